The molecule has 1 unspecified atom stereocenters. The number of ketones is 1. The molecular formula is C16H14N2O3. The van der Waals surface area contributed by atoms with E-state index in [0.717, 1.165) is 0 Å². The maximum absolute atomic E-state index is 12.7. The van der Waals surface area contributed by atoms with E-state index < -0.39 is 11.9 Å². The third-order valence-corrected chi connectivity index (χ3v) is 3.68. The molecular weight excluding hydrogens is 268 g/mol. The number of primary amides is 1. The van der Waals surface area contributed by atoms with Gasteiger partial charge in [0.2, 0.25) is 0 Å². The number of anilines is 2. The lowest BCUT2D eigenvalue weighted by Gasteiger charge is -2.22. The van der Waals surface area contributed by atoms with Crippen LogP contribution in [0.1, 0.15) is 21.8 Å². The largest absolute Gasteiger partial charge is 0.395 e. The smallest absolute Gasteiger partial charge is 0.323 e. The highest BCUT2D eigenvalue weighted by Gasteiger charge is 2.34. The fraction of sp³-hybridized carbons (Fsp3) is 0.125. The van der Waals surface area contributed by atoms with Crippen molar-refractivity contribution < 1.29 is 14.7 Å². The fourth-order valence-corrected chi connectivity index (χ4v) is 2.74. The van der Waals surface area contributed by atoms with Gasteiger partial charge in [-0.25, -0.2) is 4.79 Å². The molecule has 3 rings (SSSR count). The zero-order valence-corrected chi connectivity index (χ0v) is 11.2. The van der Waals surface area contributed by atoms with Gasteiger partial charge < -0.3 is 10.8 Å². The summed E-state index contributed by atoms with van der Waals surface area (Å²) in [5, 5.41) is 9.63. The normalized spacial score (nSPS) is 16.9. The van der Waals surface area contributed by atoms with Crippen LogP contribution in [-0.4, -0.2) is 23.5 Å². The molecule has 21 heavy (non-hydrogen) atoms. The number of nitrogens with zero attached hydrogens (tertiary/aromatic N) is 1. The van der Waals surface area contributed by atoms with Gasteiger partial charge in [0.1, 0.15) is 0 Å². The lowest BCUT2D eigenvalue weighted by atomic mass is 9.91. The molecule has 3 N–H and O–H groups in total. The van der Waals surface area contributed by atoms with E-state index in [1.54, 1.807) is 48.5 Å². The Morgan fingerprint density at radius 3 is 2.38 bits per heavy atom. The SMILES string of the molecule is NC(=O)N1c2ccccc2C(=O)C(CO)c2ccccc21. The number of para-hydroxylation sites is 2. The van der Waals surface area contributed by atoms with Gasteiger partial charge in [0.15, 0.2) is 5.78 Å². The number of urea groups is 1. The first-order valence-corrected chi connectivity index (χ1v) is 6.57. The van der Waals surface area contributed by atoms with Gasteiger partial charge in [-0.1, -0.05) is 30.3 Å². The molecule has 2 amide bonds. The summed E-state index contributed by atoms with van der Waals surface area (Å²) in [6.07, 6.45) is 0. The number of carbonyl (C=O) groups excluding carboxylic acids is 2. The molecule has 5 heteroatoms. The van der Waals surface area contributed by atoms with E-state index in [-0.39, 0.29) is 12.4 Å². The second kappa shape index (κ2) is 5.03. The Morgan fingerprint density at radius 2 is 1.71 bits per heavy atom. The minimum atomic E-state index is -0.702. The molecule has 2 aromatic carbocycles. The molecule has 0 spiro atoms. The topological polar surface area (TPSA) is 83.6 Å². The summed E-state index contributed by atoms with van der Waals surface area (Å²) < 4.78 is 0. The van der Waals surface area contributed by atoms with Gasteiger partial charge in [-0.2, -0.15) is 0 Å². The van der Waals surface area contributed by atoms with E-state index in [2.05, 4.69) is 0 Å². The standard InChI is InChI=1S/C16H14N2O3/c17-16(21)18-13-7-3-1-5-10(13)12(9-19)15(20)11-6-2-4-8-14(11)18/h1-8,12,19H,9H2,(H2,17,21). The monoisotopic (exact) mass is 282 g/mol. The van der Waals surface area contributed by atoms with Gasteiger partial charge in [0.05, 0.1) is 23.9 Å². The maximum atomic E-state index is 12.7. The third kappa shape index (κ3) is 1.98. The van der Waals surface area contributed by atoms with Crippen LogP contribution in [0.3, 0.4) is 0 Å². The zero-order valence-electron chi connectivity index (χ0n) is 11.2. The van der Waals surface area contributed by atoms with Crippen molar-refractivity contribution in [3.63, 3.8) is 0 Å². The van der Waals surface area contributed by atoms with Crippen LogP contribution in [0.25, 0.3) is 0 Å². The van der Waals surface area contributed by atoms with Crippen LogP contribution in [0, 0.1) is 0 Å². The first kappa shape index (κ1) is 13.3. The average molecular weight is 282 g/mol. The third-order valence-electron chi connectivity index (χ3n) is 3.68. The van der Waals surface area contributed by atoms with Crippen molar-refractivity contribution in [2.75, 3.05) is 11.5 Å². The number of hydrogen-bond donors (Lipinski definition) is 2. The molecule has 0 fully saturated rings. The second-order valence-corrected chi connectivity index (χ2v) is 4.85. The number of carbonyl (C=O) groups is 2. The zero-order chi connectivity index (χ0) is 15.0. The molecule has 1 atom stereocenters. The quantitative estimate of drug-likeness (QED) is 0.840. The average Bonchev–Trinajstić information content (AvgIpc) is 2.59. The van der Waals surface area contributed by atoms with E-state index in [4.69, 9.17) is 5.73 Å². The molecule has 2 aromatic rings. The number of rotatable bonds is 1. The number of fused-ring (bicyclic) bond motifs is 2. The first-order chi connectivity index (χ1) is 10.1. The Balaban J connectivity index is 2.36. The van der Waals surface area contributed by atoms with Crippen LogP contribution >= 0.6 is 0 Å². The molecule has 0 bridgehead atoms. The van der Waals surface area contributed by atoms with Crippen LogP contribution < -0.4 is 10.6 Å². The summed E-state index contributed by atoms with van der Waals surface area (Å²) >= 11 is 0. The van der Waals surface area contributed by atoms with Crippen molar-refractivity contribution in [1.29, 1.82) is 0 Å². The lowest BCUT2D eigenvalue weighted by Crippen LogP contribution is -2.32. The predicted octanol–water partition coefficient (Wildman–Crippen LogP) is 2.18. The van der Waals surface area contributed by atoms with Gasteiger partial charge in [0, 0.05) is 5.56 Å². The van der Waals surface area contributed by atoms with Crippen molar-refractivity contribution in [1.82, 2.24) is 0 Å². The summed E-state index contributed by atoms with van der Waals surface area (Å²) in [6.45, 7) is -0.323. The molecule has 0 saturated heterocycles. The molecule has 0 radical (unpaired) electrons. The van der Waals surface area contributed by atoms with Crippen molar-refractivity contribution in [3.05, 3.63) is 59.7 Å². The van der Waals surface area contributed by atoms with Gasteiger partial charge in [-0.3, -0.25) is 9.69 Å². The molecule has 0 aromatic heterocycles. The molecule has 0 aliphatic carbocycles. The molecule has 1 aliphatic heterocycles. The Labute approximate surface area is 121 Å². The Hall–Kier alpha value is -2.66. The maximum Gasteiger partial charge on any atom is 0.323 e. The second-order valence-electron chi connectivity index (χ2n) is 4.85. The highest BCUT2D eigenvalue weighted by atomic mass is 16.3. The number of aliphatic hydroxyl groups is 1. The van der Waals surface area contributed by atoms with Crippen molar-refractivity contribution in [3.8, 4) is 0 Å². The predicted molar refractivity (Wildman–Crippen MR) is 78.8 cm³/mol. The van der Waals surface area contributed by atoms with Crippen LogP contribution in [0.15, 0.2) is 48.5 Å². The Kier molecular flexibility index (Phi) is 3.19. The van der Waals surface area contributed by atoms with Crippen LogP contribution in [0.4, 0.5) is 16.2 Å². The number of amides is 2. The number of nitrogens with two attached hydrogens (primary N) is 1. The molecule has 1 aliphatic rings. The van der Waals surface area contributed by atoms with Crippen molar-refractivity contribution >= 4 is 23.2 Å². The summed E-state index contributed by atoms with van der Waals surface area (Å²) in [7, 11) is 0. The van der Waals surface area contributed by atoms with E-state index in [1.165, 1.54) is 4.90 Å². The van der Waals surface area contributed by atoms with Gasteiger partial charge in [0.25, 0.3) is 0 Å². The Morgan fingerprint density at radius 1 is 1.10 bits per heavy atom. The van der Waals surface area contributed by atoms with E-state index in [0.29, 0.717) is 22.5 Å². The van der Waals surface area contributed by atoms with E-state index >= 15 is 0 Å². The van der Waals surface area contributed by atoms with Gasteiger partial charge in [-0.05, 0) is 23.8 Å². The summed E-state index contributed by atoms with van der Waals surface area (Å²) in [4.78, 5) is 25.9. The lowest BCUT2D eigenvalue weighted by molar-refractivity contribution is 0.0924. The number of benzene rings is 2. The van der Waals surface area contributed by atoms with Gasteiger partial charge >= 0.3 is 6.03 Å². The summed E-state index contributed by atoms with van der Waals surface area (Å²) in [6, 6.07) is 13.1. The molecule has 0 saturated carbocycles. The first-order valence-electron chi connectivity index (χ1n) is 6.57. The van der Waals surface area contributed by atoms with E-state index in [1.807, 2.05) is 0 Å². The molecule has 5 nitrogen and oxygen atoms in total. The Bertz CT molecular complexity index is 727. The van der Waals surface area contributed by atoms with E-state index in [9.17, 15) is 14.7 Å². The highest BCUT2D eigenvalue weighted by molar-refractivity contribution is 6.13. The highest BCUT2D eigenvalue weighted by Crippen LogP contribution is 2.40. The van der Waals surface area contributed by atoms with Crippen LogP contribution in [-0.2, 0) is 0 Å². The number of aliphatic hydroxyl groups excluding tert-OH is 1. The van der Waals surface area contributed by atoms with Gasteiger partial charge in [-0.15, -0.1) is 0 Å². The van der Waals surface area contributed by atoms with Crippen LogP contribution in [0.2, 0.25) is 0 Å². The van der Waals surface area contributed by atoms with Crippen molar-refractivity contribution in [2.24, 2.45) is 5.73 Å². The number of Topliss-reactive ketones (excluding diaryl/α,β-unsaturated/α-hetero) is 1. The molecule has 1 heterocycles. The minimum absolute atomic E-state index is 0.218. The minimum Gasteiger partial charge on any atom is -0.395 e. The van der Waals surface area contributed by atoms with Crippen molar-refractivity contribution in [2.45, 2.75) is 5.92 Å². The van der Waals surface area contributed by atoms with Crippen LogP contribution in [0.5, 0.6) is 0 Å². The summed E-state index contributed by atoms with van der Waals surface area (Å²) in [5.74, 6) is -0.920. The number of hydrogen-bond acceptors (Lipinski definition) is 3. The summed E-state index contributed by atoms with van der Waals surface area (Å²) in [5.41, 5.74) is 7.46. The molecule has 106 valence electrons. The fourth-order valence-electron chi connectivity index (χ4n) is 2.74.